The van der Waals surface area contributed by atoms with E-state index in [1.165, 1.54) is 11.3 Å². The zero-order valence-corrected chi connectivity index (χ0v) is 15.2. The molecule has 0 bridgehead atoms. The Bertz CT molecular complexity index is 708. The van der Waals surface area contributed by atoms with Crippen molar-refractivity contribution in [2.45, 2.75) is 32.7 Å². The number of rotatable bonds is 7. The van der Waals surface area contributed by atoms with Crippen LogP contribution in [0.15, 0.2) is 17.3 Å². The third-order valence-electron chi connectivity index (χ3n) is 3.93. The molecule has 0 saturated carbocycles. The lowest BCUT2D eigenvalue weighted by molar-refractivity contribution is 0.112. The van der Waals surface area contributed by atoms with Gasteiger partial charge in [-0.3, -0.25) is 4.79 Å². The van der Waals surface area contributed by atoms with Crippen molar-refractivity contribution in [1.29, 1.82) is 0 Å². The Morgan fingerprint density at radius 3 is 2.74 bits per heavy atom. The largest absolute Gasteiger partial charge is 0.377 e. The Hall–Kier alpha value is -1.95. The molecule has 0 aliphatic heterocycles. The summed E-state index contributed by atoms with van der Waals surface area (Å²) < 4.78 is 0. The van der Waals surface area contributed by atoms with E-state index in [1.54, 1.807) is 6.20 Å². The molecule has 2 aromatic rings. The molecule has 0 N–H and O–H groups in total. The van der Waals surface area contributed by atoms with E-state index in [9.17, 15) is 4.79 Å². The lowest BCUT2D eigenvalue weighted by Crippen LogP contribution is -2.27. The van der Waals surface area contributed by atoms with Crippen molar-refractivity contribution in [3.05, 3.63) is 17.1 Å². The molecular formula is C17H24N4OS. The first-order chi connectivity index (χ1) is 11.0. The normalized spacial score (nSPS) is 12.7. The molecule has 0 radical (unpaired) electrons. The summed E-state index contributed by atoms with van der Waals surface area (Å²) in [6, 6.07) is 2.37. The van der Waals surface area contributed by atoms with Crippen LogP contribution in [0.25, 0.3) is 10.2 Å². The highest BCUT2D eigenvalue weighted by atomic mass is 32.1. The molecule has 0 saturated heterocycles. The highest BCUT2D eigenvalue weighted by molar-refractivity contribution is 7.21. The van der Waals surface area contributed by atoms with E-state index in [1.807, 2.05) is 38.4 Å². The van der Waals surface area contributed by atoms with Gasteiger partial charge in [-0.1, -0.05) is 13.3 Å². The summed E-state index contributed by atoms with van der Waals surface area (Å²) in [5, 5.41) is 0.942. The molecule has 124 valence electrons. The Labute approximate surface area is 141 Å². The molecule has 0 unspecified atom stereocenters. The minimum absolute atomic E-state index is 0.416. The van der Waals surface area contributed by atoms with Gasteiger partial charge in [-0.15, -0.1) is 11.3 Å². The van der Waals surface area contributed by atoms with E-state index < -0.39 is 0 Å². The summed E-state index contributed by atoms with van der Waals surface area (Å²) in [6.07, 6.45) is 6.70. The standard InChI is InChI=1S/C17H24N4OS/c1-6-7-12(2)21(5)11-19-16-14(10-22)23-17-15(16)13(20(3)4)8-9-18-17/h8-12H,6-7H2,1-5H3/t12-/m0/s1. The van der Waals surface area contributed by atoms with Crippen LogP contribution in [0.4, 0.5) is 11.4 Å². The molecular weight excluding hydrogens is 308 g/mol. The van der Waals surface area contributed by atoms with Crippen LogP contribution in [0.2, 0.25) is 0 Å². The van der Waals surface area contributed by atoms with Gasteiger partial charge in [0.25, 0.3) is 0 Å². The number of carbonyl (C=O) groups is 1. The summed E-state index contributed by atoms with van der Waals surface area (Å²) >= 11 is 1.39. The smallest absolute Gasteiger partial charge is 0.162 e. The van der Waals surface area contributed by atoms with Crippen LogP contribution in [0.5, 0.6) is 0 Å². The molecule has 1 atom stereocenters. The molecule has 0 aliphatic carbocycles. The van der Waals surface area contributed by atoms with Gasteiger partial charge >= 0.3 is 0 Å². The number of hydrogen-bond donors (Lipinski definition) is 0. The van der Waals surface area contributed by atoms with Crippen LogP contribution in [0.1, 0.15) is 36.4 Å². The summed E-state index contributed by atoms with van der Waals surface area (Å²) in [6.45, 7) is 4.35. The number of thiophene rings is 1. The monoisotopic (exact) mass is 332 g/mol. The highest BCUT2D eigenvalue weighted by Gasteiger charge is 2.16. The molecule has 6 heteroatoms. The Kier molecular flexibility index (Phi) is 5.71. The highest BCUT2D eigenvalue weighted by Crippen LogP contribution is 2.40. The topological polar surface area (TPSA) is 48.8 Å². The minimum Gasteiger partial charge on any atom is -0.377 e. The van der Waals surface area contributed by atoms with E-state index >= 15 is 0 Å². The number of carbonyl (C=O) groups excluding carboxylic acids is 1. The average molecular weight is 332 g/mol. The van der Waals surface area contributed by atoms with Crippen LogP contribution >= 0.6 is 11.3 Å². The third-order valence-corrected chi connectivity index (χ3v) is 4.94. The van der Waals surface area contributed by atoms with Crippen LogP contribution in [-0.2, 0) is 0 Å². The second-order valence-corrected chi connectivity index (χ2v) is 6.92. The van der Waals surface area contributed by atoms with Crippen molar-refractivity contribution in [3.8, 4) is 0 Å². The fourth-order valence-corrected chi connectivity index (χ4v) is 3.40. The first-order valence-electron chi connectivity index (χ1n) is 7.79. The number of nitrogens with zero attached hydrogens (tertiary/aromatic N) is 4. The molecule has 0 aromatic carbocycles. The molecule has 2 heterocycles. The number of fused-ring (bicyclic) bond motifs is 1. The van der Waals surface area contributed by atoms with E-state index in [0.717, 1.165) is 35.0 Å². The molecule has 0 spiro atoms. The second-order valence-electron chi connectivity index (χ2n) is 5.89. The van der Waals surface area contributed by atoms with Gasteiger partial charge in [-0.2, -0.15) is 0 Å². The van der Waals surface area contributed by atoms with Gasteiger partial charge in [0.2, 0.25) is 0 Å². The number of pyridine rings is 1. The quantitative estimate of drug-likeness (QED) is 0.437. The van der Waals surface area contributed by atoms with Crippen molar-refractivity contribution >= 4 is 45.6 Å². The van der Waals surface area contributed by atoms with Crippen molar-refractivity contribution < 1.29 is 4.79 Å². The van der Waals surface area contributed by atoms with Crippen molar-refractivity contribution in [1.82, 2.24) is 9.88 Å². The van der Waals surface area contributed by atoms with Gasteiger partial charge in [0.1, 0.15) is 4.83 Å². The first kappa shape index (κ1) is 17.4. The Morgan fingerprint density at radius 2 is 2.13 bits per heavy atom. The fraction of sp³-hybridized carbons (Fsp3) is 0.471. The van der Waals surface area contributed by atoms with Crippen molar-refractivity contribution in [3.63, 3.8) is 0 Å². The van der Waals surface area contributed by atoms with Crippen molar-refractivity contribution in [2.75, 3.05) is 26.0 Å². The van der Waals surface area contributed by atoms with Crippen LogP contribution in [-0.4, -0.2) is 49.7 Å². The van der Waals surface area contributed by atoms with Crippen LogP contribution in [0.3, 0.4) is 0 Å². The summed E-state index contributed by atoms with van der Waals surface area (Å²) in [7, 11) is 5.98. The summed E-state index contributed by atoms with van der Waals surface area (Å²) in [5.74, 6) is 0. The number of aliphatic imine (C=N–C) groups is 1. The maximum absolute atomic E-state index is 11.4. The second kappa shape index (κ2) is 7.55. The zero-order valence-electron chi connectivity index (χ0n) is 14.4. The summed E-state index contributed by atoms with van der Waals surface area (Å²) in [5.41, 5.74) is 1.74. The Balaban J connectivity index is 2.48. The van der Waals surface area contributed by atoms with Crippen LogP contribution in [0, 0.1) is 0 Å². The van der Waals surface area contributed by atoms with Crippen LogP contribution < -0.4 is 4.90 Å². The van der Waals surface area contributed by atoms with Gasteiger partial charge in [-0.25, -0.2) is 9.98 Å². The van der Waals surface area contributed by atoms with Gasteiger partial charge in [0.15, 0.2) is 6.29 Å². The predicted molar refractivity (Wildman–Crippen MR) is 99.6 cm³/mol. The predicted octanol–water partition coefficient (Wildman–Crippen LogP) is 3.96. The molecule has 2 aromatic heterocycles. The SMILES string of the molecule is CCC[C@H](C)N(C)C=Nc1c(C=O)sc2nccc(N(C)C)c12. The average Bonchev–Trinajstić information content (AvgIpc) is 2.90. The Morgan fingerprint density at radius 1 is 1.39 bits per heavy atom. The van der Waals surface area contributed by atoms with E-state index in [-0.39, 0.29) is 0 Å². The first-order valence-corrected chi connectivity index (χ1v) is 8.61. The van der Waals surface area contributed by atoms with Gasteiger partial charge in [0.05, 0.1) is 28.0 Å². The fourth-order valence-electron chi connectivity index (χ4n) is 2.47. The minimum atomic E-state index is 0.416. The van der Waals surface area contributed by atoms with E-state index in [0.29, 0.717) is 16.6 Å². The van der Waals surface area contributed by atoms with Gasteiger partial charge in [-0.05, 0) is 19.4 Å². The molecule has 0 amide bonds. The number of aldehydes is 1. The maximum atomic E-state index is 11.4. The number of hydrogen-bond acceptors (Lipinski definition) is 5. The van der Waals surface area contributed by atoms with Gasteiger partial charge < -0.3 is 9.80 Å². The summed E-state index contributed by atoms with van der Waals surface area (Å²) in [4.78, 5) is 26.0. The van der Waals surface area contributed by atoms with E-state index in [2.05, 4.69) is 28.7 Å². The molecule has 0 aliphatic rings. The lowest BCUT2D eigenvalue weighted by atomic mass is 10.2. The van der Waals surface area contributed by atoms with Gasteiger partial charge in [0, 0.05) is 33.4 Å². The lowest BCUT2D eigenvalue weighted by Gasteiger charge is -2.21. The maximum Gasteiger partial charge on any atom is 0.162 e. The molecule has 0 fully saturated rings. The van der Waals surface area contributed by atoms with Crippen molar-refractivity contribution in [2.24, 2.45) is 4.99 Å². The number of anilines is 1. The molecule has 5 nitrogen and oxygen atoms in total. The van der Waals surface area contributed by atoms with E-state index in [4.69, 9.17) is 0 Å². The molecule has 2 rings (SSSR count). The zero-order chi connectivity index (χ0) is 17.0. The molecule has 23 heavy (non-hydrogen) atoms. The third kappa shape index (κ3) is 3.69. The number of aromatic nitrogens is 1.